The Morgan fingerprint density at radius 1 is 1.09 bits per heavy atom. The van der Waals surface area contributed by atoms with Gasteiger partial charge in [-0.25, -0.2) is 4.98 Å². The minimum Gasteiger partial charge on any atom is -0.497 e. The molecule has 2 aromatic heterocycles. The van der Waals surface area contributed by atoms with Crippen LogP contribution in [-0.4, -0.2) is 16.7 Å². The third-order valence-corrected chi connectivity index (χ3v) is 3.92. The standard InChI is InChI=1S/C19H22N2O/c1-19(2,3)17-12-15-6-5-11-20-18(15)21(17)13-14-7-9-16(22-4)10-8-14/h5-12H,13H2,1-4H3. The molecule has 0 aliphatic heterocycles. The molecule has 0 fully saturated rings. The Kier molecular flexibility index (Phi) is 3.65. The molecule has 0 amide bonds. The van der Waals surface area contributed by atoms with Crippen LogP contribution in [0.3, 0.4) is 0 Å². The summed E-state index contributed by atoms with van der Waals surface area (Å²) in [4.78, 5) is 4.58. The number of fused-ring (bicyclic) bond motifs is 1. The maximum atomic E-state index is 5.23. The summed E-state index contributed by atoms with van der Waals surface area (Å²) in [6, 6.07) is 14.6. The fourth-order valence-electron chi connectivity index (χ4n) is 2.78. The van der Waals surface area contributed by atoms with Gasteiger partial charge in [-0.15, -0.1) is 0 Å². The number of hydrogen-bond acceptors (Lipinski definition) is 2. The van der Waals surface area contributed by atoms with Gasteiger partial charge in [0, 0.05) is 29.2 Å². The predicted molar refractivity (Wildman–Crippen MR) is 90.5 cm³/mol. The van der Waals surface area contributed by atoms with Crippen molar-refractivity contribution in [1.29, 1.82) is 0 Å². The van der Waals surface area contributed by atoms with Gasteiger partial charge in [0.15, 0.2) is 0 Å². The molecule has 1 aromatic carbocycles. The maximum absolute atomic E-state index is 5.23. The number of pyridine rings is 1. The van der Waals surface area contributed by atoms with Crippen LogP contribution in [0.2, 0.25) is 0 Å². The summed E-state index contributed by atoms with van der Waals surface area (Å²) in [7, 11) is 1.69. The van der Waals surface area contributed by atoms with E-state index in [1.165, 1.54) is 16.6 Å². The molecule has 0 N–H and O–H groups in total. The van der Waals surface area contributed by atoms with E-state index in [-0.39, 0.29) is 5.41 Å². The van der Waals surface area contributed by atoms with Crippen LogP contribution < -0.4 is 4.74 Å². The van der Waals surface area contributed by atoms with Gasteiger partial charge in [-0.3, -0.25) is 0 Å². The maximum Gasteiger partial charge on any atom is 0.140 e. The quantitative estimate of drug-likeness (QED) is 0.716. The van der Waals surface area contributed by atoms with Gasteiger partial charge in [-0.1, -0.05) is 32.9 Å². The molecule has 0 aliphatic carbocycles. The molecule has 0 saturated heterocycles. The summed E-state index contributed by atoms with van der Waals surface area (Å²) in [6.45, 7) is 7.54. The van der Waals surface area contributed by atoms with Crippen LogP contribution in [0.15, 0.2) is 48.7 Å². The van der Waals surface area contributed by atoms with E-state index in [0.29, 0.717) is 0 Å². The topological polar surface area (TPSA) is 27.1 Å². The second-order valence-electron chi connectivity index (χ2n) is 6.63. The highest BCUT2D eigenvalue weighted by Gasteiger charge is 2.21. The Labute approximate surface area is 131 Å². The van der Waals surface area contributed by atoms with E-state index in [9.17, 15) is 0 Å². The molecule has 0 atom stereocenters. The molecule has 0 bridgehead atoms. The number of hydrogen-bond donors (Lipinski definition) is 0. The molecular formula is C19H22N2O. The first-order valence-corrected chi connectivity index (χ1v) is 7.57. The Morgan fingerprint density at radius 2 is 1.82 bits per heavy atom. The number of ether oxygens (including phenoxy) is 1. The van der Waals surface area contributed by atoms with E-state index in [2.05, 4.69) is 54.6 Å². The first-order valence-electron chi connectivity index (χ1n) is 7.57. The summed E-state index contributed by atoms with van der Waals surface area (Å²) in [5.74, 6) is 0.885. The monoisotopic (exact) mass is 294 g/mol. The Balaban J connectivity index is 2.07. The van der Waals surface area contributed by atoms with E-state index in [1.54, 1.807) is 7.11 Å². The molecule has 0 unspecified atom stereocenters. The zero-order valence-electron chi connectivity index (χ0n) is 13.6. The van der Waals surface area contributed by atoms with Gasteiger partial charge in [0.25, 0.3) is 0 Å². The largest absolute Gasteiger partial charge is 0.497 e. The number of benzene rings is 1. The minimum atomic E-state index is 0.0766. The molecule has 2 heterocycles. The second-order valence-corrected chi connectivity index (χ2v) is 6.63. The van der Waals surface area contributed by atoms with E-state index in [4.69, 9.17) is 4.74 Å². The van der Waals surface area contributed by atoms with Crippen molar-refractivity contribution < 1.29 is 4.74 Å². The van der Waals surface area contributed by atoms with Crippen molar-refractivity contribution in [1.82, 2.24) is 9.55 Å². The zero-order chi connectivity index (χ0) is 15.7. The lowest BCUT2D eigenvalue weighted by Crippen LogP contribution is -2.18. The van der Waals surface area contributed by atoms with Crippen molar-refractivity contribution in [2.45, 2.75) is 32.7 Å². The highest BCUT2D eigenvalue weighted by molar-refractivity contribution is 5.77. The van der Waals surface area contributed by atoms with Crippen molar-refractivity contribution in [2.75, 3.05) is 7.11 Å². The van der Waals surface area contributed by atoms with Crippen molar-refractivity contribution in [2.24, 2.45) is 0 Å². The number of rotatable bonds is 3. The first kappa shape index (κ1) is 14.6. The van der Waals surface area contributed by atoms with Gasteiger partial charge in [0.1, 0.15) is 11.4 Å². The average Bonchev–Trinajstić information content (AvgIpc) is 2.87. The number of aromatic nitrogens is 2. The Hall–Kier alpha value is -2.29. The van der Waals surface area contributed by atoms with E-state index >= 15 is 0 Å². The summed E-state index contributed by atoms with van der Waals surface area (Å²) in [5, 5.41) is 1.20. The predicted octanol–water partition coefficient (Wildman–Crippen LogP) is 4.39. The lowest BCUT2D eigenvalue weighted by atomic mass is 9.92. The van der Waals surface area contributed by atoms with Gasteiger partial charge in [-0.05, 0) is 35.9 Å². The van der Waals surface area contributed by atoms with Crippen molar-refractivity contribution in [3.63, 3.8) is 0 Å². The van der Waals surface area contributed by atoms with Gasteiger partial charge in [-0.2, -0.15) is 0 Å². The molecule has 3 heteroatoms. The number of methoxy groups -OCH3 is 1. The molecule has 3 nitrogen and oxygen atoms in total. The summed E-state index contributed by atoms with van der Waals surface area (Å²) in [6.07, 6.45) is 1.86. The van der Waals surface area contributed by atoms with E-state index in [1.807, 2.05) is 24.4 Å². The summed E-state index contributed by atoms with van der Waals surface area (Å²) >= 11 is 0. The van der Waals surface area contributed by atoms with Crippen LogP contribution in [0.4, 0.5) is 0 Å². The highest BCUT2D eigenvalue weighted by atomic mass is 16.5. The van der Waals surface area contributed by atoms with E-state index < -0.39 is 0 Å². The third kappa shape index (κ3) is 2.71. The number of nitrogens with zero attached hydrogens (tertiary/aromatic N) is 2. The first-order chi connectivity index (χ1) is 10.5. The molecule has 3 rings (SSSR count). The van der Waals surface area contributed by atoms with Crippen LogP contribution in [0, 0.1) is 0 Å². The van der Waals surface area contributed by atoms with Crippen LogP contribution in [0.5, 0.6) is 5.75 Å². The normalized spacial score (nSPS) is 11.8. The van der Waals surface area contributed by atoms with Gasteiger partial charge in [0.05, 0.1) is 7.11 Å². The van der Waals surface area contributed by atoms with Crippen LogP contribution in [0.1, 0.15) is 32.0 Å². The molecule has 0 spiro atoms. The average molecular weight is 294 g/mol. The Bertz CT molecular complexity index is 779. The molecule has 0 aliphatic rings. The van der Waals surface area contributed by atoms with Crippen molar-refractivity contribution in [3.05, 3.63) is 59.9 Å². The van der Waals surface area contributed by atoms with Crippen LogP contribution >= 0.6 is 0 Å². The summed E-state index contributed by atoms with van der Waals surface area (Å²) in [5.41, 5.74) is 3.67. The smallest absolute Gasteiger partial charge is 0.140 e. The second kappa shape index (κ2) is 5.48. The minimum absolute atomic E-state index is 0.0766. The molecule has 114 valence electrons. The Morgan fingerprint density at radius 3 is 2.45 bits per heavy atom. The van der Waals surface area contributed by atoms with Gasteiger partial charge >= 0.3 is 0 Å². The molecule has 3 aromatic rings. The zero-order valence-corrected chi connectivity index (χ0v) is 13.6. The summed E-state index contributed by atoms with van der Waals surface area (Å²) < 4.78 is 7.55. The molecule has 0 saturated carbocycles. The molecule has 0 radical (unpaired) electrons. The molecular weight excluding hydrogens is 272 g/mol. The fraction of sp³-hybridized carbons (Fsp3) is 0.316. The van der Waals surface area contributed by atoms with Crippen molar-refractivity contribution >= 4 is 11.0 Å². The van der Waals surface area contributed by atoms with Crippen LogP contribution in [-0.2, 0) is 12.0 Å². The third-order valence-electron chi connectivity index (χ3n) is 3.92. The van der Waals surface area contributed by atoms with Crippen molar-refractivity contribution in [3.8, 4) is 5.75 Å². The SMILES string of the molecule is COc1ccc(Cn2c(C(C)(C)C)cc3cccnc32)cc1. The van der Waals surface area contributed by atoms with Gasteiger partial charge < -0.3 is 9.30 Å². The molecule has 22 heavy (non-hydrogen) atoms. The van der Waals surface area contributed by atoms with Crippen LogP contribution in [0.25, 0.3) is 11.0 Å². The lowest BCUT2D eigenvalue weighted by Gasteiger charge is -2.22. The van der Waals surface area contributed by atoms with E-state index in [0.717, 1.165) is 17.9 Å². The highest BCUT2D eigenvalue weighted by Crippen LogP contribution is 2.29. The lowest BCUT2D eigenvalue weighted by molar-refractivity contribution is 0.414. The fourth-order valence-corrected chi connectivity index (χ4v) is 2.78. The van der Waals surface area contributed by atoms with Gasteiger partial charge in [0.2, 0.25) is 0 Å².